The molecule has 0 N–H and O–H groups in total. The molecule has 5 nitrogen and oxygen atoms in total. The molecule has 2 fully saturated rings. The van der Waals surface area contributed by atoms with Gasteiger partial charge in [-0.15, -0.1) is 0 Å². The number of carbonyl (C=O) groups excluding carboxylic acids is 2. The smallest absolute Gasteiger partial charge is 0.271 e. The largest absolute Gasteiger partial charge is 0.346 e. The number of ketones is 1. The number of aromatic nitrogens is 1. The quantitative estimate of drug-likeness (QED) is 0.544. The molecule has 0 bridgehead atoms. The molecule has 0 unspecified atom stereocenters. The van der Waals surface area contributed by atoms with Crippen LogP contribution in [0.2, 0.25) is 0 Å². The van der Waals surface area contributed by atoms with Crippen LogP contribution in [0.25, 0.3) is 0 Å². The third kappa shape index (κ3) is 4.62. The number of hydrogen-bond acceptors (Lipinski definition) is 3. The molecule has 5 heteroatoms. The number of carbonyl (C=O) groups is 2. The highest BCUT2D eigenvalue weighted by atomic mass is 16.2. The maximum Gasteiger partial charge on any atom is 0.271 e. The van der Waals surface area contributed by atoms with Gasteiger partial charge in [-0.2, -0.15) is 0 Å². The average molecular weight is 422 g/mol. The summed E-state index contributed by atoms with van der Waals surface area (Å²) >= 11 is 0. The second-order valence-electron chi connectivity index (χ2n) is 9.32. The first-order chi connectivity index (χ1) is 15.0. The Morgan fingerprint density at radius 2 is 1.48 bits per heavy atom. The second-order valence-corrected chi connectivity index (χ2v) is 9.32. The Balaban J connectivity index is 1.50. The third-order valence-corrected chi connectivity index (χ3v) is 7.06. The van der Waals surface area contributed by atoms with Crippen molar-refractivity contribution in [1.29, 1.82) is 0 Å². The first-order valence-corrected chi connectivity index (χ1v) is 11.8. The highest BCUT2D eigenvalue weighted by Crippen LogP contribution is 2.25. The summed E-state index contributed by atoms with van der Waals surface area (Å²) in [6.07, 6.45) is 9.86. The molecule has 1 amide bonds. The lowest BCUT2D eigenvalue weighted by molar-refractivity contribution is 0.0541. The summed E-state index contributed by atoms with van der Waals surface area (Å²) in [5, 5.41) is 0. The minimum absolute atomic E-state index is 0.0217. The Kier molecular flexibility index (Phi) is 6.61. The maximum atomic E-state index is 13.5. The first kappa shape index (κ1) is 21.8. The van der Waals surface area contributed by atoms with E-state index in [1.54, 1.807) is 0 Å². The van der Waals surface area contributed by atoms with Crippen LogP contribution in [0.1, 0.15) is 76.1 Å². The number of rotatable bonds is 4. The normalized spacial score (nSPS) is 18.7. The molecule has 1 aromatic carbocycles. The summed E-state index contributed by atoms with van der Waals surface area (Å²) in [6, 6.07) is 8.27. The molecule has 2 aromatic rings. The summed E-state index contributed by atoms with van der Waals surface area (Å²) < 4.78 is 1.83. The van der Waals surface area contributed by atoms with Crippen molar-refractivity contribution in [2.24, 2.45) is 7.05 Å². The fourth-order valence-electron chi connectivity index (χ4n) is 5.24. The Hall–Kier alpha value is -2.40. The minimum atomic E-state index is -0.0708. The second kappa shape index (κ2) is 9.39. The van der Waals surface area contributed by atoms with Crippen LogP contribution in [0.4, 0.5) is 0 Å². The van der Waals surface area contributed by atoms with Crippen LogP contribution in [-0.4, -0.2) is 58.3 Å². The maximum absolute atomic E-state index is 13.5. The molecule has 2 aliphatic rings. The lowest BCUT2D eigenvalue weighted by Crippen LogP contribution is -2.52. The number of nitrogens with zero attached hydrogens (tertiary/aromatic N) is 3. The number of benzene rings is 1. The molecular formula is C26H35N3O2. The van der Waals surface area contributed by atoms with E-state index in [4.69, 9.17) is 0 Å². The lowest BCUT2D eigenvalue weighted by atomic mass is 9.99. The molecule has 0 spiro atoms. The van der Waals surface area contributed by atoms with Crippen LogP contribution < -0.4 is 0 Å². The number of amides is 1. The Morgan fingerprint density at radius 3 is 2.10 bits per heavy atom. The molecule has 1 aliphatic carbocycles. The van der Waals surface area contributed by atoms with E-state index >= 15 is 0 Å². The summed E-state index contributed by atoms with van der Waals surface area (Å²) in [4.78, 5) is 31.3. The van der Waals surface area contributed by atoms with Crippen molar-refractivity contribution >= 4 is 11.7 Å². The average Bonchev–Trinajstić information content (AvgIpc) is 2.94. The molecule has 1 aromatic heterocycles. The predicted molar refractivity (Wildman–Crippen MR) is 124 cm³/mol. The van der Waals surface area contributed by atoms with Crippen LogP contribution in [-0.2, 0) is 7.05 Å². The van der Waals surface area contributed by atoms with Gasteiger partial charge in [0.05, 0.1) is 5.56 Å². The highest BCUT2D eigenvalue weighted by molar-refractivity contribution is 6.15. The fraction of sp³-hybridized carbons (Fsp3) is 0.538. The molecule has 31 heavy (non-hydrogen) atoms. The Bertz CT molecular complexity index is 928. The van der Waals surface area contributed by atoms with Crippen LogP contribution in [0.15, 0.2) is 30.5 Å². The van der Waals surface area contributed by atoms with Gasteiger partial charge in [-0.05, 0) is 32.3 Å². The minimum Gasteiger partial charge on any atom is -0.346 e. The Labute approximate surface area is 186 Å². The first-order valence-electron chi connectivity index (χ1n) is 11.8. The van der Waals surface area contributed by atoms with E-state index in [-0.39, 0.29) is 11.7 Å². The van der Waals surface area contributed by atoms with Gasteiger partial charge >= 0.3 is 0 Å². The molecule has 0 atom stereocenters. The number of piperazine rings is 1. The fourth-order valence-corrected chi connectivity index (χ4v) is 5.24. The van der Waals surface area contributed by atoms with E-state index < -0.39 is 0 Å². The summed E-state index contributed by atoms with van der Waals surface area (Å²) in [7, 11) is 1.87. The predicted octanol–water partition coefficient (Wildman–Crippen LogP) is 4.35. The van der Waals surface area contributed by atoms with E-state index in [1.807, 2.05) is 60.8 Å². The van der Waals surface area contributed by atoms with E-state index in [2.05, 4.69) is 4.90 Å². The van der Waals surface area contributed by atoms with E-state index in [9.17, 15) is 9.59 Å². The van der Waals surface area contributed by atoms with Crippen molar-refractivity contribution in [2.75, 3.05) is 26.2 Å². The van der Waals surface area contributed by atoms with Crippen LogP contribution in [0.3, 0.4) is 0 Å². The van der Waals surface area contributed by atoms with Crippen LogP contribution >= 0.6 is 0 Å². The van der Waals surface area contributed by atoms with Gasteiger partial charge in [0.25, 0.3) is 5.91 Å². The summed E-state index contributed by atoms with van der Waals surface area (Å²) in [5.74, 6) is -0.0925. The third-order valence-electron chi connectivity index (χ3n) is 7.06. The molecule has 2 heterocycles. The van der Waals surface area contributed by atoms with Gasteiger partial charge in [-0.25, -0.2) is 0 Å². The van der Waals surface area contributed by atoms with E-state index in [0.717, 1.165) is 37.3 Å². The monoisotopic (exact) mass is 421 g/mol. The summed E-state index contributed by atoms with van der Waals surface area (Å²) in [5.41, 5.74) is 3.67. The molecule has 1 saturated carbocycles. The van der Waals surface area contributed by atoms with Crippen molar-refractivity contribution in [3.05, 3.63) is 58.4 Å². The van der Waals surface area contributed by atoms with E-state index in [1.165, 1.54) is 38.5 Å². The van der Waals surface area contributed by atoms with Gasteiger partial charge < -0.3 is 9.47 Å². The van der Waals surface area contributed by atoms with Crippen molar-refractivity contribution < 1.29 is 9.59 Å². The molecule has 1 aliphatic heterocycles. The SMILES string of the molecule is Cc1ccc(C(=O)c2c(C)cn(C)c2C(=O)N2CCN(C3CCCCCC3)CC2)cc1. The zero-order valence-corrected chi connectivity index (χ0v) is 19.2. The van der Waals surface area contributed by atoms with Gasteiger partial charge in [0.1, 0.15) is 5.69 Å². The van der Waals surface area contributed by atoms with Crippen molar-refractivity contribution in [3.8, 4) is 0 Å². The topological polar surface area (TPSA) is 45.6 Å². The number of aryl methyl sites for hydroxylation is 3. The molecule has 0 radical (unpaired) electrons. The molecule has 4 rings (SSSR count). The highest BCUT2D eigenvalue weighted by Gasteiger charge is 2.31. The molecule has 166 valence electrons. The standard InChI is InChI=1S/C26H35N3O2/c1-19-10-12-21(13-11-19)25(30)23-20(2)18-27(3)24(23)26(31)29-16-14-28(15-17-29)22-8-6-4-5-7-9-22/h10-13,18,22H,4-9,14-17H2,1-3H3. The zero-order valence-electron chi connectivity index (χ0n) is 19.2. The molecular weight excluding hydrogens is 386 g/mol. The van der Waals surface area contributed by atoms with Gasteiger partial charge in [-0.3, -0.25) is 14.5 Å². The lowest BCUT2D eigenvalue weighted by Gasteiger charge is -2.39. The van der Waals surface area contributed by atoms with Gasteiger partial charge in [0, 0.05) is 51.0 Å². The van der Waals surface area contributed by atoms with Crippen LogP contribution in [0.5, 0.6) is 0 Å². The Morgan fingerprint density at radius 1 is 0.871 bits per heavy atom. The van der Waals surface area contributed by atoms with Gasteiger partial charge in [0.15, 0.2) is 5.78 Å². The number of hydrogen-bond donors (Lipinski definition) is 0. The van der Waals surface area contributed by atoms with Crippen molar-refractivity contribution in [1.82, 2.24) is 14.4 Å². The van der Waals surface area contributed by atoms with Crippen LogP contribution in [0, 0.1) is 13.8 Å². The van der Waals surface area contributed by atoms with E-state index in [0.29, 0.717) is 22.9 Å². The molecule has 1 saturated heterocycles. The van der Waals surface area contributed by atoms with Gasteiger partial charge in [0.2, 0.25) is 0 Å². The summed E-state index contributed by atoms with van der Waals surface area (Å²) in [6.45, 7) is 7.26. The van der Waals surface area contributed by atoms with Crippen molar-refractivity contribution in [3.63, 3.8) is 0 Å². The zero-order chi connectivity index (χ0) is 22.0. The van der Waals surface area contributed by atoms with Gasteiger partial charge in [-0.1, -0.05) is 55.5 Å². The van der Waals surface area contributed by atoms with Crippen molar-refractivity contribution in [2.45, 2.75) is 58.4 Å².